The number of halogens is 1. The quantitative estimate of drug-likeness (QED) is 0.523. The number of nitrogens with zero attached hydrogens (tertiary/aromatic N) is 2. The van der Waals surface area contributed by atoms with E-state index >= 15 is 0 Å². The van der Waals surface area contributed by atoms with Gasteiger partial charge in [-0.3, -0.25) is 14.4 Å². The van der Waals surface area contributed by atoms with E-state index in [1.54, 1.807) is 6.07 Å². The Labute approximate surface area is 140 Å². The highest BCUT2D eigenvalue weighted by molar-refractivity contribution is 7.17. The Morgan fingerprint density at radius 2 is 2.17 bits per heavy atom. The predicted octanol–water partition coefficient (Wildman–Crippen LogP) is 2.78. The Morgan fingerprint density at radius 3 is 2.83 bits per heavy atom. The summed E-state index contributed by atoms with van der Waals surface area (Å²) in [7, 11) is 0. The van der Waals surface area contributed by atoms with Crippen molar-refractivity contribution in [3.05, 3.63) is 39.6 Å². The molecule has 2 aromatic rings. The number of Topliss-reactive ketones (excluding diaryl/α,β-unsaturated/α-hetero) is 2. The molecule has 1 aliphatic carbocycles. The van der Waals surface area contributed by atoms with Gasteiger partial charge in [0.25, 0.3) is 0 Å². The summed E-state index contributed by atoms with van der Waals surface area (Å²) < 4.78 is 0. The van der Waals surface area contributed by atoms with E-state index in [-0.39, 0.29) is 17.5 Å². The van der Waals surface area contributed by atoms with Crippen LogP contribution >= 0.6 is 22.9 Å². The molecular formula is C15H12ClN3O3S. The van der Waals surface area contributed by atoms with E-state index in [1.165, 1.54) is 19.2 Å². The highest BCUT2D eigenvalue weighted by Crippen LogP contribution is 2.33. The maximum atomic E-state index is 12.6. The molecule has 6 nitrogen and oxygen atoms in total. The first kappa shape index (κ1) is 15.8. The van der Waals surface area contributed by atoms with Gasteiger partial charge in [-0.15, -0.1) is 0 Å². The first-order valence-electron chi connectivity index (χ1n) is 6.93. The molecule has 1 amide bonds. The number of carbonyl (C=O) groups is 3. The second kappa shape index (κ2) is 6.17. The fourth-order valence-electron chi connectivity index (χ4n) is 2.46. The average molecular weight is 350 g/mol. The number of rotatable bonds is 3. The second-order valence-electron chi connectivity index (χ2n) is 5.17. The van der Waals surface area contributed by atoms with Crippen LogP contribution in [0.1, 0.15) is 39.1 Å². The highest BCUT2D eigenvalue weighted by Gasteiger charge is 2.36. The molecule has 0 spiro atoms. The lowest BCUT2D eigenvalue weighted by molar-refractivity contribution is -0.114. The van der Waals surface area contributed by atoms with Crippen molar-refractivity contribution in [1.29, 1.82) is 0 Å². The maximum Gasteiger partial charge on any atom is 0.223 e. The predicted molar refractivity (Wildman–Crippen MR) is 86.1 cm³/mol. The van der Waals surface area contributed by atoms with Gasteiger partial charge in [0.1, 0.15) is 5.15 Å². The number of amides is 1. The molecule has 0 saturated carbocycles. The summed E-state index contributed by atoms with van der Waals surface area (Å²) in [5.41, 5.74) is 1.00. The van der Waals surface area contributed by atoms with E-state index in [4.69, 9.17) is 11.6 Å². The number of pyridine rings is 1. The van der Waals surface area contributed by atoms with Gasteiger partial charge in [0.15, 0.2) is 16.7 Å². The summed E-state index contributed by atoms with van der Waals surface area (Å²) in [5, 5.41) is 3.25. The summed E-state index contributed by atoms with van der Waals surface area (Å²) in [6.45, 7) is 1.38. The zero-order valence-electron chi connectivity index (χ0n) is 12.1. The van der Waals surface area contributed by atoms with Gasteiger partial charge in [0.2, 0.25) is 5.91 Å². The van der Waals surface area contributed by atoms with Gasteiger partial charge >= 0.3 is 0 Å². The number of fused-ring (bicyclic) bond motifs is 1. The van der Waals surface area contributed by atoms with Gasteiger partial charge in [0, 0.05) is 18.7 Å². The second-order valence-corrected chi connectivity index (χ2v) is 6.55. The lowest BCUT2D eigenvalue weighted by atomic mass is 9.84. The van der Waals surface area contributed by atoms with Crippen LogP contribution in [0.25, 0.3) is 0 Å². The molecule has 2 aromatic heterocycles. The van der Waals surface area contributed by atoms with Crippen LogP contribution < -0.4 is 5.32 Å². The topological polar surface area (TPSA) is 89.0 Å². The zero-order chi connectivity index (χ0) is 16.6. The molecule has 0 fully saturated rings. The Hall–Kier alpha value is -2.12. The van der Waals surface area contributed by atoms with Crippen molar-refractivity contribution >= 4 is 45.5 Å². The van der Waals surface area contributed by atoms with E-state index in [2.05, 4.69) is 15.3 Å². The van der Waals surface area contributed by atoms with Crippen LogP contribution in [-0.2, 0) is 11.2 Å². The number of nitrogens with one attached hydrogen (secondary N) is 1. The number of anilines is 1. The SMILES string of the molecule is CC(=O)Nc1nc2c(s1)C(=O)C(C(=O)c1ccc(Cl)nc1)CC2. The van der Waals surface area contributed by atoms with Gasteiger partial charge in [-0.05, 0) is 25.0 Å². The Balaban J connectivity index is 1.85. The summed E-state index contributed by atoms with van der Waals surface area (Å²) in [6.07, 6.45) is 2.30. The van der Waals surface area contributed by atoms with Crippen molar-refractivity contribution in [1.82, 2.24) is 9.97 Å². The average Bonchev–Trinajstić information content (AvgIpc) is 2.90. The number of aromatic nitrogens is 2. The van der Waals surface area contributed by atoms with Crippen molar-refractivity contribution in [3.63, 3.8) is 0 Å². The van der Waals surface area contributed by atoms with Gasteiger partial charge in [-0.2, -0.15) is 0 Å². The normalized spacial score (nSPS) is 16.8. The summed E-state index contributed by atoms with van der Waals surface area (Å²) in [6, 6.07) is 3.09. The van der Waals surface area contributed by atoms with Crippen LogP contribution in [0.4, 0.5) is 5.13 Å². The minimum atomic E-state index is -0.740. The fourth-order valence-corrected chi connectivity index (χ4v) is 3.63. The van der Waals surface area contributed by atoms with Crippen molar-refractivity contribution in [2.24, 2.45) is 5.92 Å². The lowest BCUT2D eigenvalue weighted by Crippen LogP contribution is -2.28. The molecule has 0 saturated heterocycles. The summed E-state index contributed by atoms with van der Waals surface area (Å²) >= 11 is 6.82. The van der Waals surface area contributed by atoms with Gasteiger partial charge < -0.3 is 5.32 Å². The third-order valence-electron chi connectivity index (χ3n) is 3.52. The van der Waals surface area contributed by atoms with Crippen LogP contribution in [-0.4, -0.2) is 27.4 Å². The largest absolute Gasteiger partial charge is 0.302 e. The van der Waals surface area contributed by atoms with Crippen molar-refractivity contribution < 1.29 is 14.4 Å². The monoisotopic (exact) mass is 349 g/mol. The first-order valence-corrected chi connectivity index (χ1v) is 8.12. The molecule has 8 heteroatoms. The number of carbonyl (C=O) groups excluding carboxylic acids is 3. The molecule has 0 radical (unpaired) electrons. The Kier molecular flexibility index (Phi) is 4.23. The molecule has 1 unspecified atom stereocenters. The minimum absolute atomic E-state index is 0.247. The van der Waals surface area contributed by atoms with Crippen LogP contribution in [0.3, 0.4) is 0 Å². The fraction of sp³-hybridized carbons (Fsp3) is 0.267. The molecule has 0 bridgehead atoms. The van der Waals surface area contributed by atoms with E-state index in [0.717, 1.165) is 11.3 Å². The number of ketones is 2. The molecule has 23 heavy (non-hydrogen) atoms. The standard InChI is InChI=1S/C15H12ClN3O3S/c1-7(20)18-15-19-10-4-3-9(13(22)14(10)23-15)12(21)8-2-5-11(16)17-6-8/h2,5-6,9H,3-4H2,1H3,(H,18,19,20). The Morgan fingerprint density at radius 1 is 1.39 bits per heavy atom. The van der Waals surface area contributed by atoms with Gasteiger partial charge in [-0.1, -0.05) is 22.9 Å². The first-order chi connectivity index (χ1) is 11.0. The minimum Gasteiger partial charge on any atom is -0.302 e. The number of aryl methyl sites for hydroxylation is 1. The third kappa shape index (κ3) is 3.16. The van der Waals surface area contributed by atoms with Crippen LogP contribution in [0.2, 0.25) is 5.15 Å². The lowest BCUT2D eigenvalue weighted by Gasteiger charge is -2.18. The Bertz CT molecular complexity index is 801. The smallest absolute Gasteiger partial charge is 0.223 e. The molecule has 0 aliphatic heterocycles. The van der Waals surface area contributed by atoms with E-state index < -0.39 is 5.92 Å². The van der Waals surface area contributed by atoms with Crippen LogP contribution in [0.5, 0.6) is 0 Å². The summed E-state index contributed by atoms with van der Waals surface area (Å²) in [4.78, 5) is 44.8. The molecule has 118 valence electrons. The van der Waals surface area contributed by atoms with Gasteiger partial charge in [0.05, 0.1) is 16.5 Å². The van der Waals surface area contributed by atoms with Crippen molar-refractivity contribution in [2.75, 3.05) is 5.32 Å². The number of hydrogen-bond donors (Lipinski definition) is 1. The van der Waals surface area contributed by atoms with Gasteiger partial charge in [-0.25, -0.2) is 9.97 Å². The number of hydrogen-bond acceptors (Lipinski definition) is 6. The van der Waals surface area contributed by atoms with Crippen LogP contribution in [0.15, 0.2) is 18.3 Å². The van der Waals surface area contributed by atoms with E-state index in [0.29, 0.717) is 39.3 Å². The highest BCUT2D eigenvalue weighted by atomic mass is 35.5. The molecule has 2 heterocycles. The maximum absolute atomic E-state index is 12.6. The molecule has 0 aromatic carbocycles. The number of thiazole rings is 1. The van der Waals surface area contributed by atoms with Crippen molar-refractivity contribution in [2.45, 2.75) is 19.8 Å². The molecule has 1 N–H and O–H groups in total. The molecular weight excluding hydrogens is 338 g/mol. The zero-order valence-corrected chi connectivity index (χ0v) is 13.7. The van der Waals surface area contributed by atoms with Crippen LogP contribution in [0, 0.1) is 5.92 Å². The third-order valence-corrected chi connectivity index (χ3v) is 4.77. The summed E-state index contributed by atoms with van der Waals surface area (Å²) in [5.74, 6) is -1.50. The molecule has 1 aliphatic rings. The molecule has 1 atom stereocenters. The van der Waals surface area contributed by atoms with E-state index in [1.807, 2.05) is 0 Å². The van der Waals surface area contributed by atoms with E-state index in [9.17, 15) is 14.4 Å². The molecule has 3 rings (SSSR count). The van der Waals surface area contributed by atoms with Crippen molar-refractivity contribution in [3.8, 4) is 0 Å².